The van der Waals surface area contributed by atoms with Crippen LogP contribution in [-0.4, -0.2) is 30.9 Å². The highest BCUT2D eigenvalue weighted by Crippen LogP contribution is 2.40. The molecule has 0 bridgehead atoms. The second kappa shape index (κ2) is 10.2. The Hall–Kier alpha value is -2.62. The summed E-state index contributed by atoms with van der Waals surface area (Å²) in [6, 6.07) is 6.35. The summed E-state index contributed by atoms with van der Waals surface area (Å²) in [6.45, 7) is 2.73. The third kappa shape index (κ3) is 6.74. The van der Waals surface area contributed by atoms with Gasteiger partial charge in [0.2, 0.25) is 5.91 Å². The zero-order valence-electron chi connectivity index (χ0n) is 19.4. The summed E-state index contributed by atoms with van der Waals surface area (Å²) >= 11 is 0. The predicted molar refractivity (Wildman–Crippen MR) is 117 cm³/mol. The molecular formula is C25H27F7N2O. The van der Waals surface area contributed by atoms with E-state index in [9.17, 15) is 35.5 Å². The summed E-state index contributed by atoms with van der Waals surface area (Å²) in [5.41, 5.74) is -2.69. The van der Waals surface area contributed by atoms with Gasteiger partial charge in [0.1, 0.15) is 5.82 Å². The van der Waals surface area contributed by atoms with E-state index in [1.165, 1.54) is 31.0 Å². The molecule has 3 nitrogen and oxygen atoms in total. The molecule has 192 valence electrons. The third-order valence-corrected chi connectivity index (χ3v) is 6.75. The minimum absolute atomic E-state index is 0.0674. The molecule has 1 fully saturated rings. The van der Waals surface area contributed by atoms with Crippen LogP contribution < -0.4 is 5.32 Å². The maximum atomic E-state index is 13.3. The number of hydrogen-bond donors (Lipinski definition) is 1. The molecule has 1 saturated heterocycles. The quantitative estimate of drug-likeness (QED) is 0.463. The summed E-state index contributed by atoms with van der Waals surface area (Å²) in [7, 11) is 1.38. The number of nitrogens with zero attached hydrogens (tertiary/aromatic N) is 1. The van der Waals surface area contributed by atoms with Crippen molar-refractivity contribution in [1.82, 2.24) is 10.2 Å². The molecule has 0 spiro atoms. The van der Waals surface area contributed by atoms with Crippen LogP contribution in [0.25, 0.3) is 0 Å². The van der Waals surface area contributed by atoms with Crippen molar-refractivity contribution in [3.05, 3.63) is 70.5 Å². The van der Waals surface area contributed by atoms with Crippen LogP contribution in [0, 0.1) is 11.2 Å². The Labute approximate surface area is 199 Å². The molecule has 3 rings (SSSR count). The number of halogens is 7. The number of benzene rings is 2. The number of amides is 1. The Bertz CT molecular complexity index is 993. The van der Waals surface area contributed by atoms with Crippen LogP contribution in [0.2, 0.25) is 0 Å². The highest BCUT2D eigenvalue weighted by Gasteiger charge is 2.39. The number of piperidine rings is 1. The molecule has 2 aromatic rings. The SMILES string of the molecule is C[C@@H](c1cc(C(F)(F)F)cc(C(F)(F)F)c1)N(C)C(=O)CC1(Cc2ccc(F)cc2)CCNCC1. The van der Waals surface area contributed by atoms with E-state index in [-0.39, 0.29) is 29.8 Å². The highest BCUT2D eigenvalue weighted by molar-refractivity contribution is 5.77. The molecule has 0 aliphatic carbocycles. The van der Waals surface area contributed by atoms with Crippen LogP contribution in [0.15, 0.2) is 42.5 Å². The van der Waals surface area contributed by atoms with Gasteiger partial charge in [-0.25, -0.2) is 4.39 Å². The van der Waals surface area contributed by atoms with Gasteiger partial charge in [-0.3, -0.25) is 4.79 Å². The lowest BCUT2D eigenvalue weighted by Gasteiger charge is -2.39. The molecule has 0 aromatic heterocycles. The van der Waals surface area contributed by atoms with Crippen molar-refractivity contribution in [2.45, 2.75) is 51.0 Å². The molecule has 1 atom stereocenters. The van der Waals surface area contributed by atoms with Gasteiger partial charge >= 0.3 is 12.4 Å². The topological polar surface area (TPSA) is 32.3 Å². The first-order chi connectivity index (χ1) is 16.2. The van der Waals surface area contributed by atoms with Crippen molar-refractivity contribution in [2.75, 3.05) is 20.1 Å². The van der Waals surface area contributed by atoms with E-state index in [0.29, 0.717) is 44.5 Å². The van der Waals surface area contributed by atoms with E-state index in [2.05, 4.69) is 5.32 Å². The zero-order valence-corrected chi connectivity index (χ0v) is 19.4. The zero-order chi connectivity index (χ0) is 26.0. The second-order valence-electron chi connectivity index (χ2n) is 9.25. The molecule has 35 heavy (non-hydrogen) atoms. The Morgan fingerprint density at radius 3 is 1.97 bits per heavy atom. The average Bonchev–Trinajstić information content (AvgIpc) is 2.78. The third-order valence-electron chi connectivity index (χ3n) is 6.75. The van der Waals surface area contributed by atoms with Gasteiger partial charge in [-0.1, -0.05) is 12.1 Å². The lowest BCUT2D eigenvalue weighted by Crippen LogP contribution is -2.42. The fourth-order valence-electron chi connectivity index (χ4n) is 4.51. The van der Waals surface area contributed by atoms with Crippen molar-refractivity contribution < 1.29 is 35.5 Å². The van der Waals surface area contributed by atoms with Crippen molar-refractivity contribution in [3.8, 4) is 0 Å². The Balaban J connectivity index is 1.85. The number of alkyl halides is 6. The van der Waals surface area contributed by atoms with E-state index in [1.807, 2.05) is 0 Å². The molecule has 10 heteroatoms. The van der Waals surface area contributed by atoms with Crippen molar-refractivity contribution in [1.29, 1.82) is 0 Å². The van der Waals surface area contributed by atoms with Gasteiger partial charge in [0.25, 0.3) is 0 Å². The standard InChI is InChI=1S/C25H27F7N2O/c1-16(18-11-19(24(27,28)29)13-20(12-18)25(30,31)32)34(2)22(35)15-23(7-9-33-10-8-23)14-17-3-5-21(26)6-4-17/h3-6,11-13,16,33H,7-10,14-15H2,1-2H3/t16-/m0/s1. The number of carbonyl (C=O) groups is 1. The largest absolute Gasteiger partial charge is 0.416 e. The Kier molecular flexibility index (Phi) is 7.83. The van der Waals surface area contributed by atoms with Crippen LogP contribution in [0.3, 0.4) is 0 Å². The summed E-state index contributed by atoms with van der Waals surface area (Å²) in [5, 5.41) is 3.23. The Morgan fingerprint density at radius 2 is 1.49 bits per heavy atom. The van der Waals surface area contributed by atoms with Crippen LogP contribution >= 0.6 is 0 Å². The van der Waals surface area contributed by atoms with Gasteiger partial charge in [0.15, 0.2) is 0 Å². The average molecular weight is 504 g/mol. The van der Waals surface area contributed by atoms with Crippen LogP contribution in [0.4, 0.5) is 30.7 Å². The van der Waals surface area contributed by atoms with Gasteiger partial charge in [0, 0.05) is 13.5 Å². The molecule has 0 saturated carbocycles. The predicted octanol–water partition coefficient (Wildman–Crippen LogP) is 6.39. The molecule has 1 aliphatic rings. The Morgan fingerprint density at radius 1 is 0.971 bits per heavy atom. The van der Waals surface area contributed by atoms with Gasteiger partial charge in [-0.05, 0) is 86.1 Å². The van der Waals surface area contributed by atoms with Crippen LogP contribution in [0.5, 0.6) is 0 Å². The molecule has 2 aromatic carbocycles. The summed E-state index contributed by atoms with van der Waals surface area (Å²) in [6.07, 6.45) is -8.05. The molecule has 0 unspecified atom stereocenters. The first-order valence-electron chi connectivity index (χ1n) is 11.2. The maximum Gasteiger partial charge on any atom is 0.416 e. The minimum atomic E-state index is -4.97. The number of nitrogens with one attached hydrogen (secondary N) is 1. The normalized spacial score (nSPS) is 17.2. The van der Waals surface area contributed by atoms with Crippen molar-refractivity contribution in [2.24, 2.45) is 5.41 Å². The maximum absolute atomic E-state index is 13.3. The minimum Gasteiger partial charge on any atom is -0.339 e. The fraction of sp³-hybridized carbons (Fsp3) is 0.480. The first kappa shape index (κ1) is 27.0. The highest BCUT2D eigenvalue weighted by atomic mass is 19.4. The van der Waals surface area contributed by atoms with E-state index in [1.54, 1.807) is 12.1 Å². The first-order valence-corrected chi connectivity index (χ1v) is 11.2. The molecule has 1 N–H and O–H groups in total. The van der Waals surface area contributed by atoms with Crippen molar-refractivity contribution >= 4 is 5.91 Å². The summed E-state index contributed by atoms with van der Waals surface area (Å²) < 4.78 is 93.0. The van der Waals surface area contributed by atoms with E-state index < -0.39 is 34.9 Å². The van der Waals surface area contributed by atoms with E-state index >= 15 is 0 Å². The monoisotopic (exact) mass is 504 g/mol. The van der Waals surface area contributed by atoms with Crippen molar-refractivity contribution in [3.63, 3.8) is 0 Å². The van der Waals surface area contributed by atoms with E-state index in [0.717, 1.165) is 5.56 Å². The molecule has 0 radical (unpaired) electrons. The van der Waals surface area contributed by atoms with Gasteiger partial charge < -0.3 is 10.2 Å². The summed E-state index contributed by atoms with van der Waals surface area (Å²) in [5.74, 6) is -0.760. The smallest absolute Gasteiger partial charge is 0.339 e. The number of hydrogen-bond acceptors (Lipinski definition) is 2. The van der Waals surface area contributed by atoms with Crippen LogP contribution in [-0.2, 0) is 23.6 Å². The number of rotatable bonds is 6. The lowest BCUT2D eigenvalue weighted by molar-refractivity contribution is -0.143. The summed E-state index contributed by atoms with van der Waals surface area (Å²) in [4.78, 5) is 14.4. The second-order valence-corrected chi connectivity index (χ2v) is 9.25. The van der Waals surface area contributed by atoms with E-state index in [4.69, 9.17) is 0 Å². The fourth-order valence-corrected chi connectivity index (χ4v) is 4.51. The van der Waals surface area contributed by atoms with Gasteiger partial charge in [0.05, 0.1) is 17.2 Å². The molecule has 1 amide bonds. The molecular weight excluding hydrogens is 477 g/mol. The molecule has 1 heterocycles. The van der Waals surface area contributed by atoms with Gasteiger partial charge in [-0.2, -0.15) is 26.3 Å². The number of carbonyl (C=O) groups excluding carboxylic acids is 1. The van der Waals surface area contributed by atoms with Crippen LogP contribution in [0.1, 0.15) is 54.5 Å². The van der Waals surface area contributed by atoms with Gasteiger partial charge in [-0.15, -0.1) is 0 Å². The lowest BCUT2D eigenvalue weighted by atomic mass is 9.71. The molecule has 1 aliphatic heterocycles.